The number of halogens is 2. The Bertz CT molecular complexity index is 728. The van der Waals surface area contributed by atoms with Gasteiger partial charge < -0.3 is 15.8 Å². The lowest BCUT2D eigenvalue weighted by Gasteiger charge is -2.13. The fourth-order valence-electron chi connectivity index (χ4n) is 1.67. The number of aliphatic hydroxyl groups excluding tert-OH is 1. The lowest BCUT2D eigenvalue weighted by atomic mass is 10.2. The molecular formula is C11H13F2N3O3S. The molecule has 0 unspecified atom stereocenters. The normalized spacial score (nSPS) is 12.9. The van der Waals surface area contributed by atoms with E-state index in [2.05, 4.69) is 4.98 Å². The van der Waals surface area contributed by atoms with Gasteiger partial charge in [-0.05, 0) is 18.2 Å². The first kappa shape index (κ1) is 14.7. The van der Waals surface area contributed by atoms with E-state index in [0.29, 0.717) is 16.6 Å². The molecule has 9 heteroatoms. The highest BCUT2D eigenvalue weighted by molar-refractivity contribution is 7.89. The van der Waals surface area contributed by atoms with Crippen LogP contribution in [0.2, 0.25) is 0 Å². The van der Waals surface area contributed by atoms with E-state index in [1.165, 1.54) is 12.3 Å². The molecule has 0 spiro atoms. The number of H-pyrrole nitrogens is 1. The molecule has 0 saturated heterocycles. The minimum atomic E-state index is -4.13. The lowest BCUT2D eigenvalue weighted by Crippen LogP contribution is -2.38. The Morgan fingerprint density at radius 1 is 1.40 bits per heavy atom. The van der Waals surface area contributed by atoms with Crippen molar-refractivity contribution in [1.29, 1.82) is 0 Å². The number of aromatic amines is 1. The van der Waals surface area contributed by atoms with E-state index in [0.717, 1.165) is 0 Å². The number of alkyl halides is 2. The number of hydrogen-bond acceptors (Lipinski definition) is 4. The second-order valence-corrected chi connectivity index (χ2v) is 6.03. The summed E-state index contributed by atoms with van der Waals surface area (Å²) in [7, 11) is -4.13. The van der Waals surface area contributed by atoms with Gasteiger partial charge in [-0.3, -0.25) is 0 Å². The Morgan fingerprint density at radius 3 is 2.75 bits per heavy atom. The molecule has 5 N–H and O–H groups in total. The molecule has 110 valence electrons. The lowest BCUT2D eigenvalue weighted by molar-refractivity contribution is -0.0437. The summed E-state index contributed by atoms with van der Waals surface area (Å²) in [6, 6.07) is 4.61. The van der Waals surface area contributed by atoms with E-state index in [1.54, 1.807) is 16.9 Å². The number of benzene rings is 1. The minimum Gasteiger partial charge on any atom is -0.399 e. The van der Waals surface area contributed by atoms with Gasteiger partial charge in [0, 0.05) is 22.8 Å². The van der Waals surface area contributed by atoms with Gasteiger partial charge in [0.05, 0.1) is 6.54 Å². The molecule has 0 aliphatic carbocycles. The molecule has 0 fully saturated rings. The third-order valence-electron chi connectivity index (χ3n) is 2.71. The standard InChI is InChI=1S/C11H13F2N3O3S/c12-11(13,6-17)5-16-20(18,19)10-4-15-9-2-1-7(14)3-8(9)10/h1-4,15-17H,5-6,14H2. The molecule has 20 heavy (non-hydrogen) atoms. The number of aromatic nitrogens is 1. The zero-order chi connectivity index (χ0) is 15.0. The number of nitrogens with two attached hydrogens (primary N) is 1. The zero-order valence-corrected chi connectivity index (χ0v) is 11.0. The molecule has 0 saturated carbocycles. The van der Waals surface area contributed by atoms with Crippen LogP contribution in [0.3, 0.4) is 0 Å². The highest BCUT2D eigenvalue weighted by atomic mass is 32.2. The quantitative estimate of drug-likeness (QED) is 0.608. The molecule has 6 nitrogen and oxygen atoms in total. The summed E-state index contributed by atoms with van der Waals surface area (Å²) in [6.07, 6.45) is 1.20. The molecule has 2 rings (SSSR count). The predicted octanol–water partition coefficient (Wildman–Crippen LogP) is 0.656. The van der Waals surface area contributed by atoms with Gasteiger partial charge in [-0.15, -0.1) is 0 Å². The van der Waals surface area contributed by atoms with Crippen LogP contribution in [0, 0.1) is 0 Å². The van der Waals surface area contributed by atoms with Crippen molar-refractivity contribution in [2.24, 2.45) is 0 Å². The van der Waals surface area contributed by atoms with Gasteiger partial charge >= 0.3 is 0 Å². The second kappa shape index (κ2) is 5.00. The first-order valence-corrected chi connectivity index (χ1v) is 7.08. The second-order valence-electron chi connectivity index (χ2n) is 4.30. The van der Waals surface area contributed by atoms with Crippen LogP contribution < -0.4 is 10.5 Å². The van der Waals surface area contributed by atoms with Crippen molar-refractivity contribution in [3.8, 4) is 0 Å². The zero-order valence-electron chi connectivity index (χ0n) is 10.2. The van der Waals surface area contributed by atoms with Gasteiger partial charge in [-0.25, -0.2) is 21.9 Å². The number of rotatable bonds is 5. The Labute approximate surface area is 113 Å². The van der Waals surface area contributed by atoms with E-state index in [4.69, 9.17) is 10.8 Å². The van der Waals surface area contributed by atoms with Crippen LogP contribution in [0.4, 0.5) is 14.5 Å². The van der Waals surface area contributed by atoms with Gasteiger partial charge in [0.25, 0.3) is 5.92 Å². The van der Waals surface area contributed by atoms with E-state index in [-0.39, 0.29) is 4.90 Å². The molecule has 0 radical (unpaired) electrons. The topological polar surface area (TPSA) is 108 Å². The van der Waals surface area contributed by atoms with E-state index < -0.39 is 29.1 Å². The van der Waals surface area contributed by atoms with Crippen LogP contribution in [0.5, 0.6) is 0 Å². The molecule has 0 aliphatic heterocycles. The van der Waals surface area contributed by atoms with Crippen molar-refractivity contribution in [2.75, 3.05) is 18.9 Å². The molecule has 1 aromatic carbocycles. The first-order chi connectivity index (χ1) is 9.25. The predicted molar refractivity (Wildman–Crippen MR) is 69.9 cm³/mol. The van der Waals surface area contributed by atoms with Gasteiger partial charge in [0.1, 0.15) is 11.5 Å². The first-order valence-electron chi connectivity index (χ1n) is 5.60. The molecular weight excluding hydrogens is 292 g/mol. The summed E-state index contributed by atoms with van der Waals surface area (Å²) in [5.74, 6) is -3.52. The average Bonchev–Trinajstić information content (AvgIpc) is 2.80. The Hall–Kier alpha value is -1.71. The maximum atomic E-state index is 12.9. The highest BCUT2D eigenvalue weighted by Crippen LogP contribution is 2.25. The van der Waals surface area contributed by atoms with Crippen molar-refractivity contribution in [2.45, 2.75) is 10.8 Å². The Balaban J connectivity index is 2.35. The van der Waals surface area contributed by atoms with Crippen molar-refractivity contribution >= 4 is 26.6 Å². The van der Waals surface area contributed by atoms with E-state index in [9.17, 15) is 17.2 Å². The maximum absolute atomic E-state index is 12.9. The number of sulfonamides is 1. The van der Waals surface area contributed by atoms with Crippen LogP contribution >= 0.6 is 0 Å². The number of nitrogen functional groups attached to an aromatic ring is 1. The van der Waals surface area contributed by atoms with Crippen LogP contribution in [0.15, 0.2) is 29.3 Å². The van der Waals surface area contributed by atoms with Gasteiger partial charge in [-0.1, -0.05) is 0 Å². The van der Waals surface area contributed by atoms with Crippen molar-refractivity contribution in [1.82, 2.24) is 9.71 Å². The van der Waals surface area contributed by atoms with Gasteiger partial charge in [-0.2, -0.15) is 0 Å². The molecule has 1 heterocycles. The van der Waals surface area contributed by atoms with Crippen LogP contribution in [-0.2, 0) is 10.0 Å². The monoisotopic (exact) mass is 305 g/mol. The van der Waals surface area contributed by atoms with Crippen molar-refractivity contribution in [3.05, 3.63) is 24.4 Å². The summed E-state index contributed by atoms with van der Waals surface area (Å²) in [4.78, 5) is 2.55. The Kier molecular flexibility index (Phi) is 3.67. The van der Waals surface area contributed by atoms with E-state index >= 15 is 0 Å². The minimum absolute atomic E-state index is 0.173. The summed E-state index contributed by atoms with van der Waals surface area (Å²) < 4.78 is 51.6. The number of hydrogen-bond donors (Lipinski definition) is 4. The third-order valence-corrected chi connectivity index (χ3v) is 4.15. The number of fused-ring (bicyclic) bond motifs is 1. The third kappa shape index (κ3) is 2.89. The molecule has 0 atom stereocenters. The fourth-order valence-corrected chi connectivity index (χ4v) is 2.90. The fraction of sp³-hybridized carbons (Fsp3) is 0.273. The average molecular weight is 305 g/mol. The van der Waals surface area contributed by atoms with Gasteiger partial charge in [0.15, 0.2) is 0 Å². The largest absolute Gasteiger partial charge is 0.399 e. The van der Waals surface area contributed by atoms with Crippen LogP contribution in [0.1, 0.15) is 0 Å². The molecule has 2 aromatic rings. The maximum Gasteiger partial charge on any atom is 0.283 e. The van der Waals surface area contributed by atoms with Crippen molar-refractivity contribution < 1.29 is 22.3 Å². The molecule has 0 amide bonds. The highest BCUT2D eigenvalue weighted by Gasteiger charge is 2.31. The summed E-state index contributed by atoms with van der Waals surface area (Å²) in [5, 5.41) is 8.73. The Morgan fingerprint density at radius 2 is 2.10 bits per heavy atom. The molecule has 0 aliphatic rings. The SMILES string of the molecule is Nc1ccc2[nH]cc(S(=O)(=O)NCC(F)(F)CO)c2c1. The van der Waals surface area contributed by atoms with Crippen LogP contribution in [-0.4, -0.2) is 37.6 Å². The van der Waals surface area contributed by atoms with Crippen molar-refractivity contribution in [3.63, 3.8) is 0 Å². The van der Waals surface area contributed by atoms with Crippen LogP contribution in [0.25, 0.3) is 10.9 Å². The molecule has 1 aromatic heterocycles. The van der Waals surface area contributed by atoms with Gasteiger partial charge in [0.2, 0.25) is 10.0 Å². The van der Waals surface area contributed by atoms with E-state index in [1.807, 2.05) is 0 Å². The summed E-state index contributed by atoms with van der Waals surface area (Å²) >= 11 is 0. The number of nitrogens with one attached hydrogen (secondary N) is 2. The summed E-state index contributed by atoms with van der Waals surface area (Å²) in [5.41, 5.74) is 6.46. The smallest absolute Gasteiger partial charge is 0.283 e. The molecule has 0 bridgehead atoms. The number of anilines is 1. The number of aliphatic hydroxyl groups is 1. The summed E-state index contributed by atoms with van der Waals surface area (Å²) in [6.45, 7) is -2.61.